The lowest BCUT2D eigenvalue weighted by Crippen LogP contribution is -2.57. The number of ether oxygens (including phenoxy) is 3. The number of hydrogen-bond acceptors (Lipinski definition) is 7. The predicted octanol–water partition coefficient (Wildman–Crippen LogP) is 1.81. The van der Waals surface area contributed by atoms with Crippen molar-refractivity contribution in [2.24, 2.45) is 0 Å². The van der Waals surface area contributed by atoms with Crippen LogP contribution in [0.25, 0.3) is 5.78 Å². The van der Waals surface area contributed by atoms with E-state index in [9.17, 15) is 4.79 Å². The average molecular weight is 409 g/mol. The van der Waals surface area contributed by atoms with E-state index in [2.05, 4.69) is 15.1 Å². The number of nitrogens with zero attached hydrogens (tertiary/aromatic N) is 5. The minimum atomic E-state index is -0.255. The number of amides is 1. The average Bonchev–Trinajstić information content (AvgIpc) is 3.24. The fourth-order valence-electron chi connectivity index (χ4n) is 3.80. The van der Waals surface area contributed by atoms with E-state index in [1.807, 2.05) is 45.0 Å². The first-order valence-electron chi connectivity index (χ1n) is 9.93. The molecule has 1 amide bonds. The highest BCUT2D eigenvalue weighted by atomic mass is 16.5. The molecule has 0 aliphatic carbocycles. The van der Waals surface area contributed by atoms with Gasteiger partial charge in [-0.1, -0.05) is 12.1 Å². The first-order chi connectivity index (χ1) is 14.4. The van der Waals surface area contributed by atoms with Gasteiger partial charge in [-0.05, 0) is 26.8 Å². The Morgan fingerprint density at radius 3 is 3.00 bits per heavy atom. The Hall–Kier alpha value is -3.36. The van der Waals surface area contributed by atoms with Crippen molar-refractivity contribution in [3.8, 4) is 17.4 Å². The summed E-state index contributed by atoms with van der Waals surface area (Å²) >= 11 is 0. The monoisotopic (exact) mass is 409 g/mol. The number of hydrogen-bond donors (Lipinski definition) is 0. The van der Waals surface area contributed by atoms with E-state index in [1.165, 1.54) is 6.33 Å². The second-order valence-corrected chi connectivity index (χ2v) is 8.32. The highest BCUT2D eigenvalue weighted by molar-refractivity contribution is 5.78. The molecule has 1 fully saturated rings. The van der Waals surface area contributed by atoms with Crippen LogP contribution in [-0.2, 0) is 11.2 Å². The summed E-state index contributed by atoms with van der Waals surface area (Å²) in [6.07, 6.45) is 2.16. The maximum Gasteiger partial charge on any atom is 0.260 e. The zero-order valence-corrected chi connectivity index (χ0v) is 17.2. The maximum absolute atomic E-state index is 12.5. The second kappa shape index (κ2) is 6.86. The predicted molar refractivity (Wildman–Crippen MR) is 107 cm³/mol. The summed E-state index contributed by atoms with van der Waals surface area (Å²) in [6, 6.07) is 7.61. The van der Waals surface area contributed by atoms with Gasteiger partial charge in [-0.25, -0.2) is 4.98 Å². The molecule has 1 aromatic carbocycles. The lowest BCUT2D eigenvalue weighted by Gasteiger charge is -2.38. The lowest BCUT2D eigenvalue weighted by molar-refractivity contribution is -0.142. The quantitative estimate of drug-likeness (QED) is 0.635. The normalized spacial score (nSPS) is 17.4. The van der Waals surface area contributed by atoms with Crippen LogP contribution in [0.2, 0.25) is 0 Å². The largest absolute Gasteiger partial charge is 0.483 e. The van der Waals surface area contributed by atoms with Gasteiger partial charge in [0.2, 0.25) is 5.88 Å². The molecule has 0 unspecified atom stereocenters. The van der Waals surface area contributed by atoms with Gasteiger partial charge in [0.05, 0.1) is 13.1 Å². The first kappa shape index (κ1) is 18.7. The van der Waals surface area contributed by atoms with Crippen LogP contribution >= 0.6 is 0 Å². The molecule has 0 bridgehead atoms. The third-order valence-electron chi connectivity index (χ3n) is 5.24. The Labute approximate surface area is 173 Å². The van der Waals surface area contributed by atoms with Gasteiger partial charge in [0.1, 0.15) is 18.0 Å². The molecule has 9 heteroatoms. The smallest absolute Gasteiger partial charge is 0.260 e. The molecule has 2 aromatic heterocycles. The van der Waals surface area contributed by atoms with E-state index < -0.39 is 0 Å². The van der Waals surface area contributed by atoms with E-state index in [-0.39, 0.29) is 24.2 Å². The summed E-state index contributed by atoms with van der Waals surface area (Å²) in [6.45, 7) is 6.92. The van der Waals surface area contributed by atoms with Gasteiger partial charge in [-0.3, -0.25) is 4.79 Å². The van der Waals surface area contributed by atoms with Crippen LogP contribution < -0.4 is 14.2 Å². The molecule has 0 atom stereocenters. The van der Waals surface area contributed by atoms with E-state index in [0.29, 0.717) is 30.5 Å². The van der Waals surface area contributed by atoms with Crippen molar-refractivity contribution in [2.75, 3.05) is 19.7 Å². The fraction of sp³-hybridized carbons (Fsp3) is 0.429. The first-order valence-corrected chi connectivity index (χ1v) is 9.93. The van der Waals surface area contributed by atoms with Gasteiger partial charge in [-0.15, -0.1) is 0 Å². The summed E-state index contributed by atoms with van der Waals surface area (Å²) in [5.41, 5.74) is 1.65. The van der Waals surface area contributed by atoms with Crippen molar-refractivity contribution in [3.05, 3.63) is 41.9 Å². The minimum absolute atomic E-state index is 0.0331. The molecule has 2 aliphatic rings. The zero-order valence-electron chi connectivity index (χ0n) is 17.2. The van der Waals surface area contributed by atoms with Gasteiger partial charge in [0, 0.05) is 23.7 Å². The zero-order chi connectivity index (χ0) is 20.9. The standard InChI is InChI=1S/C21H23N5O4/c1-13-7-18(26-20(24-13)22-12-23-26)29-15-9-25(10-15)17(27)11-28-16-6-4-5-14-8-21(2,3)30-19(14)16/h4-7,12,15H,8-11H2,1-3H3. The van der Waals surface area contributed by atoms with Gasteiger partial charge < -0.3 is 19.1 Å². The summed E-state index contributed by atoms with van der Waals surface area (Å²) in [7, 11) is 0. The van der Waals surface area contributed by atoms with Crippen molar-refractivity contribution in [1.82, 2.24) is 24.5 Å². The molecule has 3 aromatic rings. The van der Waals surface area contributed by atoms with Crippen LogP contribution in [0.1, 0.15) is 25.1 Å². The molecule has 2 aliphatic heterocycles. The Morgan fingerprint density at radius 1 is 1.33 bits per heavy atom. The summed E-state index contributed by atoms with van der Waals surface area (Å²) in [4.78, 5) is 22.6. The molecule has 1 saturated heterocycles. The number of likely N-dealkylation sites (tertiary alicyclic amines) is 1. The molecule has 156 valence electrons. The van der Waals surface area contributed by atoms with Crippen molar-refractivity contribution in [3.63, 3.8) is 0 Å². The van der Waals surface area contributed by atoms with E-state index in [1.54, 1.807) is 9.42 Å². The summed E-state index contributed by atoms with van der Waals surface area (Å²) < 4.78 is 19.3. The number of fused-ring (bicyclic) bond motifs is 2. The van der Waals surface area contributed by atoms with E-state index in [0.717, 1.165) is 23.4 Å². The van der Waals surface area contributed by atoms with E-state index >= 15 is 0 Å². The molecule has 0 spiro atoms. The highest BCUT2D eigenvalue weighted by Crippen LogP contribution is 2.41. The van der Waals surface area contributed by atoms with Crippen LogP contribution in [0.3, 0.4) is 0 Å². The molecule has 4 heterocycles. The van der Waals surface area contributed by atoms with Crippen LogP contribution in [0, 0.1) is 6.92 Å². The summed E-state index contributed by atoms with van der Waals surface area (Å²) in [5, 5.41) is 4.13. The molecule has 5 rings (SSSR count). The third-order valence-corrected chi connectivity index (χ3v) is 5.24. The molecule has 30 heavy (non-hydrogen) atoms. The van der Waals surface area contributed by atoms with Gasteiger partial charge >= 0.3 is 0 Å². The minimum Gasteiger partial charge on any atom is -0.483 e. The van der Waals surface area contributed by atoms with Crippen molar-refractivity contribution in [1.29, 1.82) is 0 Å². The van der Waals surface area contributed by atoms with Gasteiger partial charge in [0.15, 0.2) is 18.1 Å². The summed E-state index contributed by atoms with van der Waals surface area (Å²) in [5.74, 6) is 2.33. The van der Waals surface area contributed by atoms with Crippen molar-refractivity contribution in [2.45, 2.75) is 38.9 Å². The van der Waals surface area contributed by atoms with Crippen molar-refractivity contribution >= 4 is 11.7 Å². The number of benzene rings is 1. The Kier molecular flexibility index (Phi) is 4.27. The third kappa shape index (κ3) is 3.40. The Balaban J connectivity index is 1.17. The maximum atomic E-state index is 12.5. The molecular formula is C21H23N5O4. The number of rotatable bonds is 5. The van der Waals surface area contributed by atoms with Crippen molar-refractivity contribution < 1.29 is 19.0 Å². The molecule has 9 nitrogen and oxygen atoms in total. The van der Waals surface area contributed by atoms with Gasteiger partial charge in [-0.2, -0.15) is 14.6 Å². The number of carbonyl (C=O) groups excluding carboxylic acids is 1. The lowest BCUT2D eigenvalue weighted by atomic mass is 10.0. The van der Waals surface area contributed by atoms with Crippen LogP contribution in [0.4, 0.5) is 0 Å². The fourth-order valence-corrected chi connectivity index (χ4v) is 3.80. The molecular weight excluding hydrogens is 386 g/mol. The Bertz CT molecular complexity index is 1120. The molecule has 0 radical (unpaired) electrons. The SMILES string of the molecule is Cc1cc(OC2CN(C(=O)COc3cccc4c3OC(C)(C)C4)C2)n2ncnc2n1. The number of aryl methyl sites for hydroxylation is 1. The van der Waals surface area contributed by atoms with E-state index in [4.69, 9.17) is 14.2 Å². The number of aromatic nitrogens is 4. The van der Waals surface area contributed by atoms with Gasteiger partial charge in [0.25, 0.3) is 11.7 Å². The Morgan fingerprint density at radius 2 is 2.17 bits per heavy atom. The van der Waals surface area contributed by atoms with Crippen LogP contribution in [-0.4, -0.2) is 61.8 Å². The molecule has 0 saturated carbocycles. The van der Waals surface area contributed by atoms with Crippen LogP contribution in [0.15, 0.2) is 30.6 Å². The number of carbonyl (C=O) groups is 1. The van der Waals surface area contributed by atoms with Crippen LogP contribution in [0.5, 0.6) is 17.4 Å². The topological polar surface area (TPSA) is 91.1 Å². The highest BCUT2D eigenvalue weighted by Gasteiger charge is 2.35. The molecule has 0 N–H and O–H groups in total. The second-order valence-electron chi connectivity index (χ2n) is 8.32. The number of para-hydroxylation sites is 1.